The van der Waals surface area contributed by atoms with Gasteiger partial charge in [-0.05, 0) is 50.7 Å². The molecule has 1 aliphatic rings. The molecule has 9 heteroatoms. The highest BCUT2D eigenvalue weighted by Crippen LogP contribution is 2.40. The van der Waals surface area contributed by atoms with E-state index in [2.05, 4.69) is 4.90 Å². The van der Waals surface area contributed by atoms with Gasteiger partial charge in [0.1, 0.15) is 5.76 Å². The molecule has 0 saturated heterocycles. The summed E-state index contributed by atoms with van der Waals surface area (Å²) in [5.41, 5.74) is 0.0869. The van der Waals surface area contributed by atoms with E-state index in [4.69, 9.17) is 4.42 Å². The van der Waals surface area contributed by atoms with Gasteiger partial charge in [-0.25, -0.2) is 0 Å². The number of hydrogen-bond donors (Lipinski definition) is 1. The maximum absolute atomic E-state index is 13.2. The van der Waals surface area contributed by atoms with E-state index in [1.807, 2.05) is 13.8 Å². The Hall–Kier alpha value is -3.46. The number of rotatable bonds is 10. The van der Waals surface area contributed by atoms with Crippen LogP contribution in [0.3, 0.4) is 0 Å². The highest BCUT2D eigenvalue weighted by molar-refractivity contribution is 6.15. The smallest absolute Gasteiger partial charge is 0.290 e. The quantitative estimate of drug-likeness (QED) is 0.338. The van der Waals surface area contributed by atoms with Gasteiger partial charge in [0, 0.05) is 18.7 Å². The number of amides is 1. The van der Waals surface area contributed by atoms with Crippen LogP contribution in [0.5, 0.6) is 0 Å². The minimum absolute atomic E-state index is 0.00253. The summed E-state index contributed by atoms with van der Waals surface area (Å²) in [5.74, 6) is -1.43. The fraction of sp³-hybridized carbons (Fsp3) is 0.391. The molecule has 1 aromatic heterocycles. The first-order valence-corrected chi connectivity index (χ1v) is 10.6. The number of nitrogens with zero attached hydrogens (tertiary/aromatic N) is 3. The van der Waals surface area contributed by atoms with Crippen molar-refractivity contribution in [2.24, 2.45) is 0 Å². The summed E-state index contributed by atoms with van der Waals surface area (Å²) in [6.45, 7) is 8.52. The van der Waals surface area contributed by atoms with Gasteiger partial charge < -0.3 is 19.3 Å². The number of non-ortho nitro benzene ring substituents is 1. The summed E-state index contributed by atoms with van der Waals surface area (Å²) in [5, 5.41) is 22.0. The second-order valence-electron chi connectivity index (χ2n) is 7.64. The maximum Gasteiger partial charge on any atom is 0.290 e. The second kappa shape index (κ2) is 9.78. The van der Waals surface area contributed by atoms with Crippen LogP contribution in [-0.2, 0) is 4.79 Å². The van der Waals surface area contributed by atoms with E-state index in [1.165, 1.54) is 29.2 Å². The van der Waals surface area contributed by atoms with E-state index >= 15 is 0 Å². The molecule has 0 saturated carbocycles. The molecule has 0 bridgehead atoms. The van der Waals surface area contributed by atoms with Crippen LogP contribution in [0.25, 0.3) is 0 Å². The fourth-order valence-corrected chi connectivity index (χ4v) is 3.97. The van der Waals surface area contributed by atoms with E-state index in [1.54, 1.807) is 19.1 Å². The zero-order valence-electron chi connectivity index (χ0n) is 18.4. The largest absolute Gasteiger partial charge is 0.503 e. The van der Waals surface area contributed by atoms with Crippen molar-refractivity contribution in [3.05, 3.63) is 74.9 Å². The number of aryl methyl sites for hydroxylation is 1. The Morgan fingerprint density at radius 2 is 1.97 bits per heavy atom. The number of carbonyl (C=O) groups is 2. The molecule has 2 heterocycles. The Kier molecular flexibility index (Phi) is 7.09. The van der Waals surface area contributed by atoms with Crippen molar-refractivity contribution in [1.82, 2.24) is 9.80 Å². The first-order valence-electron chi connectivity index (χ1n) is 10.6. The zero-order chi connectivity index (χ0) is 23.4. The predicted molar refractivity (Wildman–Crippen MR) is 117 cm³/mol. The van der Waals surface area contributed by atoms with E-state index in [0.29, 0.717) is 17.7 Å². The van der Waals surface area contributed by atoms with Gasteiger partial charge in [0.2, 0.25) is 5.78 Å². The molecule has 1 aromatic carbocycles. The van der Waals surface area contributed by atoms with Gasteiger partial charge in [-0.3, -0.25) is 19.7 Å². The van der Waals surface area contributed by atoms with Gasteiger partial charge in [-0.2, -0.15) is 0 Å². The SMILES string of the molecule is CCN(CC)CCCN1C(=O)C(O)=C(C(=O)c2ccc(C)o2)[C@@H]1c1cccc([N+](=O)[O-])c1. The second-order valence-corrected chi connectivity index (χ2v) is 7.64. The lowest BCUT2D eigenvalue weighted by atomic mass is 9.94. The Morgan fingerprint density at radius 1 is 1.25 bits per heavy atom. The molecule has 2 aromatic rings. The third-order valence-corrected chi connectivity index (χ3v) is 5.68. The number of ketones is 1. The molecule has 170 valence electrons. The summed E-state index contributed by atoms with van der Waals surface area (Å²) in [7, 11) is 0. The van der Waals surface area contributed by atoms with Crippen molar-refractivity contribution < 1.29 is 24.0 Å². The number of carbonyl (C=O) groups excluding carboxylic acids is 2. The topological polar surface area (TPSA) is 117 Å². The van der Waals surface area contributed by atoms with Gasteiger partial charge >= 0.3 is 0 Å². The summed E-state index contributed by atoms with van der Waals surface area (Å²) < 4.78 is 5.42. The highest BCUT2D eigenvalue weighted by atomic mass is 16.6. The van der Waals surface area contributed by atoms with Crippen molar-refractivity contribution in [2.75, 3.05) is 26.2 Å². The molecule has 3 rings (SSSR count). The molecule has 9 nitrogen and oxygen atoms in total. The fourth-order valence-electron chi connectivity index (χ4n) is 3.97. The van der Waals surface area contributed by atoms with Crippen LogP contribution in [-0.4, -0.2) is 57.7 Å². The van der Waals surface area contributed by atoms with Crippen molar-refractivity contribution in [3.8, 4) is 0 Å². The van der Waals surface area contributed by atoms with Crippen LogP contribution in [0, 0.1) is 17.0 Å². The van der Waals surface area contributed by atoms with E-state index in [9.17, 15) is 24.8 Å². The van der Waals surface area contributed by atoms with E-state index in [-0.39, 0.29) is 23.6 Å². The molecule has 0 radical (unpaired) electrons. The van der Waals surface area contributed by atoms with Crippen LogP contribution >= 0.6 is 0 Å². The van der Waals surface area contributed by atoms with Gasteiger partial charge in [0.15, 0.2) is 11.5 Å². The Morgan fingerprint density at radius 3 is 2.56 bits per heavy atom. The summed E-state index contributed by atoms with van der Waals surface area (Å²) in [6, 6.07) is 7.93. The number of benzene rings is 1. The predicted octanol–water partition coefficient (Wildman–Crippen LogP) is 3.81. The van der Waals surface area contributed by atoms with Crippen LogP contribution in [0.4, 0.5) is 5.69 Å². The van der Waals surface area contributed by atoms with Crippen LogP contribution in [0.2, 0.25) is 0 Å². The lowest BCUT2D eigenvalue weighted by molar-refractivity contribution is -0.384. The molecular formula is C23H27N3O6. The molecule has 0 unspecified atom stereocenters. The zero-order valence-corrected chi connectivity index (χ0v) is 18.4. The molecule has 0 spiro atoms. The first kappa shape index (κ1) is 23.2. The average Bonchev–Trinajstić information content (AvgIpc) is 3.33. The van der Waals surface area contributed by atoms with Crippen LogP contribution < -0.4 is 0 Å². The maximum atomic E-state index is 13.2. The number of furan rings is 1. The van der Waals surface area contributed by atoms with Crippen molar-refractivity contribution >= 4 is 17.4 Å². The lowest BCUT2D eigenvalue weighted by Crippen LogP contribution is -2.34. The molecular weight excluding hydrogens is 414 g/mol. The Labute approximate surface area is 186 Å². The molecule has 0 fully saturated rings. The molecule has 1 amide bonds. The van der Waals surface area contributed by atoms with Gasteiger partial charge in [-0.15, -0.1) is 0 Å². The van der Waals surface area contributed by atoms with Gasteiger partial charge in [0.25, 0.3) is 11.6 Å². The monoisotopic (exact) mass is 441 g/mol. The Balaban J connectivity index is 2.00. The van der Waals surface area contributed by atoms with Crippen molar-refractivity contribution in [1.29, 1.82) is 0 Å². The lowest BCUT2D eigenvalue weighted by Gasteiger charge is -2.27. The van der Waals surface area contributed by atoms with Gasteiger partial charge in [-0.1, -0.05) is 26.0 Å². The average molecular weight is 441 g/mol. The van der Waals surface area contributed by atoms with Crippen molar-refractivity contribution in [3.63, 3.8) is 0 Å². The van der Waals surface area contributed by atoms with Gasteiger partial charge in [0.05, 0.1) is 16.5 Å². The van der Waals surface area contributed by atoms with E-state index in [0.717, 1.165) is 19.6 Å². The van der Waals surface area contributed by atoms with Crippen LogP contribution in [0.1, 0.15) is 48.2 Å². The third kappa shape index (κ3) is 4.57. The summed E-state index contributed by atoms with van der Waals surface area (Å²) in [6.07, 6.45) is 0.619. The number of nitro benzene ring substituents is 1. The molecule has 0 aliphatic carbocycles. The Bertz CT molecular complexity index is 1050. The minimum atomic E-state index is -0.947. The number of nitro groups is 1. The number of aliphatic hydroxyl groups is 1. The third-order valence-electron chi connectivity index (χ3n) is 5.68. The molecule has 1 N–H and O–H groups in total. The number of Topliss-reactive ketones (excluding diaryl/α,β-unsaturated/α-hetero) is 1. The normalized spacial score (nSPS) is 16.3. The standard InChI is InChI=1S/C23H27N3O6/c1-4-24(5-2)12-7-13-25-20(16-8-6-9-17(14-16)26(30)31)19(22(28)23(25)29)21(27)18-11-10-15(3)32-18/h6,8-11,14,20,28H,4-5,7,12-13H2,1-3H3/t20-/m0/s1. The molecule has 32 heavy (non-hydrogen) atoms. The van der Waals surface area contributed by atoms with Crippen molar-refractivity contribution in [2.45, 2.75) is 33.2 Å². The summed E-state index contributed by atoms with van der Waals surface area (Å²) >= 11 is 0. The number of aliphatic hydroxyl groups excluding tert-OH is 1. The number of hydrogen-bond acceptors (Lipinski definition) is 7. The van der Waals surface area contributed by atoms with Crippen LogP contribution in [0.15, 0.2) is 52.1 Å². The summed E-state index contributed by atoms with van der Waals surface area (Å²) in [4.78, 5) is 40.5. The minimum Gasteiger partial charge on any atom is -0.503 e. The first-order chi connectivity index (χ1) is 15.3. The highest BCUT2D eigenvalue weighted by Gasteiger charge is 2.44. The molecule has 1 aliphatic heterocycles. The van der Waals surface area contributed by atoms with E-state index < -0.39 is 28.4 Å². The molecule has 1 atom stereocenters.